The van der Waals surface area contributed by atoms with Gasteiger partial charge in [-0.15, -0.1) is 0 Å². The molecule has 2 rings (SSSR count). The van der Waals surface area contributed by atoms with Crippen molar-refractivity contribution in [3.63, 3.8) is 0 Å². The lowest BCUT2D eigenvalue weighted by atomic mass is 10.1. The second-order valence-corrected chi connectivity index (χ2v) is 4.81. The number of nitrogens with zero attached hydrogens (tertiary/aromatic N) is 1. The molecule has 1 aromatic heterocycles. The van der Waals surface area contributed by atoms with E-state index < -0.39 is 0 Å². The summed E-state index contributed by atoms with van der Waals surface area (Å²) in [4.78, 5) is 16.6. The first-order valence-electron chi connectivity index (χ1n) is 6.23. The minimum absolute atomic E-state index is 0.248. The zero-order chi connectivity index (χ0) is 15.4. The predicted molar refractivity (Wildman–Crippen MR) is 85.8 cm³/mol. The van der Waals surface area contributed by atoms with Gasteiger partial charge in [-0.3, -0.25) is 9.78 Å². The maximum Gasteiger partial charge on any atom is 0.257 e. The monoisotopic (exact) mass is 301 g/mol. The van der Waals surface area contributed by atoms with E-state index >= 15 is 0 Å². The third kappa shape index (κ3) is 3.35. The minimum Gasteiger partial charge on any atom is -0.495 e. The summed E-state index contributed by atoms with van der Waals surface area (Å²) in [6.07, 6.45) is 1.64. The number of nitrogens with one attached hydrogen (secondary N) is 1. The van der Waals surface area contributed by atoms with Crippen LogP contribution >= 0.6 is 12.2 Å². The van der Waals surface area contributed by atoms with Crippen LogP contribution in [0, 0.1) is 6.92 Å². The van der Waals surface area contributed by atoms with E-state index in [4.69, 9.17) is 22.7 Å². The summed E-state index contributed by atoms with van der Waals surface area (Å²) in [5.41, 5.74) is 7.98. The third-order valence-electron chi connectivity index (χ3n) is 2.99. The van der Waals surface area contributed by atoms with Gasteiger partial charge in [0.15, 0.2) is 0 Å². The summed E-state index contributed by atoms with van der Waals surface area (Å²) in [7, 11) is 1.52. The highest BCUT2D eigenvalue weighted by Crippen LogP contribution is 2.26. The van der Waals surface area contributed by atoms with Gasteiger partial charge in [0.25, 0.3) is 5.91 Å². The first kappa shape index (κ1) is 14.9. The Labute approximate surface area is 128 Å². The Morgan fingerprint density at radius 1 is 1.38 bits per heavy atom. The molecule has 0 fully saturated rings. The molecule has 2 aromatic rings. The Morgan fingerprint density at radius 3 is 2.76 bits per heavy atom. The van der Waals surface area contributed by atoms with E-state index in [2.05, 4.69) is 10.3 Å². The molecule has 0 spiro atoms. The number of carbonyl (C=O) groups excluding carboxylic acids is 1. The number of rotatable bonds is 4. The summed E-state index contributed by atoms with van der Waals surface area (Å²) in [6, 6.07) is 8.56. The van der Waals surface area contributed by atoms with Crippen LogP contribution in [-0.2, 0) is 0 Å². The van der Waals surface area contributed by atoms with Crippen LogP contribution in [0.5, 0.6) is 5.75 Å². The lowest BCUT2D eigenvalue weighted by Crippen LogP contribution is -2.15. The van der Waals surface area contributed by atoms with Gasteiger partial charge in [0.2, 0.25) is 0 Å². The molecule has 0 saturated heterocycles. The molecule has 0 aliphatic rings. The molecule has 1 heterocycles. The number of aromatic nitrogens is 1. The number of hydrogen-bond donors (Lipinski definition) is 2. The lowest BCUT2D eigenvalue weighted by molar-refractivity contribution is 0.102. The normalized spacial score (nSPS) is 10.0. The lowest BCUT2D eigenvalue weighted by Gasteiger charge is -2.12. The van der Waals surface area contributed by atoms with Crippen LogP contribution in [0.1, 0.15) is 21.6 Å². The van der Waals surface area contributed by atoms with E-state index in [-0.39, 0.29) is 10.9 Å². The average Bonchev–Trinajstić information content (AvgIpc) is 2.47. The van der Waals surface area contributed by atoms with Gasteiger partial charge in [0, 0.05) is 17.5 Å². The number of pyridine rings is 1. The molecular formula is C15H15N3O2S. The molecule has 0 bridgehead atoms. The molecular weight excluding hydrogens is 286 g/mol. The van der Waals surface area contributed by atoms with E-state index in [0.29, 0.717) is 28.3 Å². The van der Waals surface area contributed by atoms with Crippen molar-refractivity contribution in [1.82, 2.24) is 4.98 Å². The fourth-order valence-corrected chi connectivity index (χ4v) is 1.99. The van der Waals surface area contributed by atoms with Crippen molar-refractivity contribution in [2.24, 2.45) is 5.73 Å². The minimum atomic E-state index is -0.248. The molecule has 0 saturated carbocycles. The summed E-state index contributed by atoms with van der Waals surface area (Å²) in [5, 5.41) is 2.80. The highest BCUT2D eigenvalue weighted by atomic mass is 32.1. The Hall–Kier alpha value is -2.47. The molecule has 1 aromatic carbocycles. The first-order valence-corrected chi connectivity index (χ1v) is 6.64. The van der Waals surface area contributed by atoms with Crippen LogP contribution in [0.25, 0.3) is 0 Å². The van der Waals surface area contributed by atoms with Crippen molar-refractivity contribution in [2.75, 3.05) is 12.4 Å². The van der Waals surface area contributed by atoms with Gasteiger partial charge < -0.3 is 15.8 Å². The second-order valence-electron chi connectivity index (χ2n) is 4.37. The van der Waals surface area contributed by atoms with E-state index in [1.54, 1.807) is 43.5 Å². The van der Waals surface area contributed by atoms with E-state index in [1.807, 2.05) is 0 Å². The largest absolute Gasteiger partial charge is 0.495 e. The topological polar surface area (TPSA) is 77.2 Å². The van der Waals surface area contributed by atoms with Crippen molar-refractivity contribution >= 4 is 28.8 Å². The van der Waals surface area contributed by atoms with Gasteiger partial charge >= 0.3 is 0 Å². The fraction of sp³-hybridized carbons (Fsp3) is 0.133. The second kappa shape index (κ2) is 6.32. The number of benzene rings is 1. The Morgan fingerprint density at radius 2 is 2.14 bits per heavy atom. The molecule has 0 aliphatic heterocycles. The van der Waals surface area contributed by atoms with Crippen molar-refractivity contribution in [3.05, 3.63) is 53.3 Å². The standard InChI is InChI=1S/C15H15N3O2S/c1-9-11(4-3-7-17-9)15(19)18-12-6-5-10(14(16)21)8-13(12)20-2/h3-8H,1-2H3,(H2,16,21)(H,18,19). The fourth-order valence-electron chi connectivity index (χ4n) is 1.86. The van der Waals surface area contributed by atoms with Crippen molar-refractivity contribution < 1.29 is 9.53 Å². The Kier molecular flexibility index (Phi) is 4.49. The van der Waals surface area contributed by atoms with Crippen LogP contribution in [-0.4, -0.2) is 23.0 Å². The summed E-state index contributed by atoms with van der Waals surface area (Å²) in [6.45, 7) is 1.78. The van der Waals surface area contributed by atoms with Crippen molar-refractivity contribution in [2.45, 2.75) is 6.92 Å². The van der Waals surface area contributed by atoms with E-state index in [9.17, 15) is 4.79 Å². The van der Waals surface area contributed by atoms with Crippen LogP contribution in [0.15, 0.2) is 36.5 Å². The van der Waals surface area contributed by atoms with Gasteiger partial charge in [0.1, 0.15) is 10.7 Å². The number of methoxy groups -OCH3 is 1. The zero-order valence-corrected chi connectivity index (χ0v) is 12.5. The third-order valence-corrected chi connectivity index (χ3v) is 3.22. The number of nitrogens with two attached hydrogens (primary N) is 1. The van der Waals surface area contributed by atoms with Gasteiger partial charge in [-0.1, -0.05) is 12.2 Å². The summed E-state index contributed by atoms with van der Waals surface area (Å²) < 4.78 is 5.26. The van der Waals surface area contributed by atoms with Crippen LogP contribution < -0.4 is 15.8 Å². The van der Waals surface area contributed by atoms with Gasteiger partial charge in [-0.05, 0) is 37.3 Å². The number of thiocarbonyl (C=S) groups is 1. The number of carbonyl (C=O) groups is 1. The number of amides is 1. The number of hydrogen-bond acceptors (Lipinski definition) is 4. The quantitative estimate of drug-likeness (QED) is 0.847. The van der Waals surface area contributed by atoms with Crippen LogP contribution in [0.2, 0.25) is 0 Å². The highest BCUT2D eigenvalue weighted by Gasteiger charge is 2.13. The van der Waals surface area contributed by atoms with Gasteiger partial charge in [-0.2, -0.15) is 0 Å². The van der Waals surface area contributed by atoms with Crippen LogP contribution in [0.4, 0.5) is 5.69 Å². The number of ether oxygens (including phenoxy) is 1. The molecule has 1 amide bonds. The van der Waals surface area contributed by atoms with Crippen LogP contribution in [0.3, 0.4) is 0 Å². The van der Waals surface area contributed by atoms with Crippen molar-refractivity contribution in [1.29, 1.82) is 0 Å². The molecule has 0 aliphatic carbocycles. The molecule has 3 N–H and O–H groups in total. The number of anilines is 1. The molecule has 5 nitrogen and oxygen atoms in total. The maximum absolute atomic E-state index is 12.3. The Bertz CT molecular complexity index is 701. The molecule has 21 heavy (non-hydrogen) atoms. The smallest absolute Gasteiger partial charge is 0.257 e. The van der Waals surface area contributed by atoms with Crippen molar-refractivity contribution in [3.8, 4) is 5.75 Å². The molecule has 0 radical (unpaired) electrons. The predicted octanol–water partition coefficient (Wildman–Crippen LogP) is 2.29. The SMILES string of the molecule is COc1cc(C(N)=S)ccc1NC(=O)c1cccnc1C. The molecule has 0 atom stereocenters. The van der Waals surface area contributed by atoms with E-state index in [0.717, 1.165) is 0 Å². The molecule has 108 valence electrons. The summed E-state index contributed by atoms with van der Waals surface area (Å²) >= 11 is 4.92. The zero-order valence-electron chi connectivity index (χ0n) is 11.7. The average molecular weight is 301 g/mol. The molecule has 6 heteroatoms. The highest BCUT2D eigenvalue weighted by molar-refractivity contribution is 7.80. The molecule has 0 unspecified atom stereocenters. The first-order chi connectivity index (χ1) is 10.0. The number of aryl methyl sites for hydroxylation is 1. The van der Waals surface area contributed by atoms with Gasteiger partial charge in [0.05, 0.1) is 18.4 Å². The summed E-state index contributed by atoms with van der Waals surface area (Å²) in [5.74, 6) is 0.247. The van der Waals surface area contributed by atoms with E-state index in [1.165, 1.54) is 7.11 Å². The van der Waals surface area contributed by atoms with Gasteiger partial charge in [-0.25, -0.2) is 0 Å². The Balaban J connectivity index is 2.29. The maximum atomic E-state index is 12.3.